The summed E-state index contributed by atoms with van der Waals surface area (Å²) in [5.74, 6) is 0. The largest absolute Gasteiger partial charge is 0.307 e. The molecule has 1 aromatic carbocycles. The number of aryl methyl sites for hydroxylation is 3. The minimum atomic E-state index is -4.94. The Labute approximate surface area is 151 Å². The third-order valence-corrected chi connectivity index (χ3v) is 6.01. The zero-order chi connectivity index (χ0) is 18.7. The van der Waals surface area contributed by atoms with Crippen molar-refractivity contribution in [2.24, 2.45) is 0 Å². The topological polar surface area (TPSA) is 142 Å². The van der Waals surface area contributed by atoms with Crippen LogP contribution < -0.4 is 27.5 Å². The lowest BCUT2D eigenvalue weighted by molar-refractivity contribution is -2.00. The highest BCUT2D eigenvalue weighted by atomic mass is 35.7. The Bertz CT molecular complexity index is 785. The van der Waals surface area contributed by atoms with Crippen LogP contribution in [0.15, 0.2) is 35.4 Å². The minimum absolute atomic E-state index is 0.293. The van der Waals surface area contributed by atoms with Gasteiger partial charge in [-0.25, -0.2) is 18.6 Å². The average molecular weight is 409 g/mol. The molecule has 3 rings (SSSR count). The summed E-state index contributed by atoms with van der Waals surface area (Å²) in [4.78, 5) is 4.21. The number of nitrogens with zero attached hydrogens (tertiary/aromatic N) is 1. The Balaban J connectivity index is 0.000000399. The molecule has 1 aliphatic rings. The Kier molecular flexibility index (Phi) is 6.38. The maximum Gasteiger partial charge on any atom is 0.307 e. The Morgan fingerprint density at radius 1 is 1.08 bits per heavy atom. The van der Waals surface area contributed by atoms with Gasteiger partial charge in [0.05, 0.1) is 9.77 Å². The normalized spacial score (nSPS) is 14.3. The molecule has 0 radical (unpaired) electrons. The van der Waals surface area contributed by atoms with Crippen LogP contribution in [0, 0.1) is 17.2 Å². The van der Waals surface area contributed by atoms with E-state index in [-0.39, 0.29) is 0 Å². The number of benzene rings is 1. The van der Waals surface area contributed by atoms with E-state index >= 15 is 0 Å². The number of fused-ring (bicyclic) bond motifs is 1. The second-order valence-corrected chi connectivity index (χ2v) is 8.97. The number of nitrogens with one attached hydrogen (secondary N) is 1. The van der Waals surface area contributed by atoms with E-state index in [1.54, 1.807) is 28.3 Å². The van der Waals surface area contributed by atoms with Crippen molar-refractivity contribution < 1.29 is 41.4 Å². The van der Waals surface area contributed by atoms with Gasteiger partial charge in [0.1, 0.15) is 0 Å². The quantitative estimate of drug-likeness (QED) is 0.552. The van der Waals surface area contributed by atoms with E-state index in [2.05, 4.69) is 4.83 Å². The average Bonchev–Trinajstić information content (AvgIpc) is 2.87. The summed E-state index contributed by atoms with van der Waals surface area (Å²) in [6.45, 7) is 1.94. The van der Waals surface area contributed by atoms with Crippen LogP contribution in [0.4, 0.5) is 0 Å². The molecule has 11 heteroatoms. The van der Waals surface area contributed by atoms with Gasteiger partial charge in [0, 0.05) is 5.56 Å². The minimum Gasteiger partial charge on any atom is -0.222 e. The first-order chi connectivity index (χ1) is 11.5. The van der Waals surface area contributed by atoms with E-state index in [1.165, 1.54) is 34.8 Å². The first kappa shape index (κ1) is 20.0. The SMILES string of the molecule is Cc1ccc(S(=O)(=O)N[n+]2cc3c(s2)CCCC3)cc1.[O-][Cl+3]([O-])([O-])[O-]. The highest BCUT2D eigenvalue weighted by Crippen LogP contribution is 2.22. The van der Waals surface area contributed by atoms with Gasteiger partial charge < -0.3 is 0 Å². The molecule has 1 N–H and O–H groups in total. The lowest BCUT2D eigenvalue weighted by Gasteiger charge is -2.17. The van der Waals surface area contributed by atoms with Gasteiger partial charge in [0.25, 0.3) is 0 Å². The highest BCUT2D eigenvalue weighted by Gasteiger charge is 2.24. The fourth-order valence-electron chi connectivity index (χ4n) is 2.36. The van der Waals surface area contributed by atoms with Gasteiger partial charge in [-0.3, -0.25) is 0 Å². The van der Waals surface area contributed by atoms with Crippen LogP contribution in [0.2, 0.25) is 0 Å². The van der Waals surface area contributed by atoms with Gasteiger partial charge in [-0.2, -0.15) is 8.42 Å². The summed E-state index contributed by atoms with van der Waals surface area (Å²) in [7, 11) is -8.45. The third kappa shape index (κ3) is 6.51. The molecule has 0 bridgehead atoms. The van der Waals surface area contributed by atoms with Crippen LogP contribution in [0.5, 0.6) is 0 Å². The molecule has 2 aromatic rings. The molecule has 1 aromatic heterocycles. The van der Waals surface area contributed by atoms with Crippen LogP contribution in [0.3, 0.4) is 0 Å². The third-order valence-electron chi connectivity index (χ3n) is 3.48. The molecule has 0 spiro atoms. The molecule has 25 heavy (non-hydrogen) atoms. The standard InChI is InChI=1S/C14H17N2O2S2.ClHO4/c1-11-6-8-13(9-7-11)20(17,18)15-16-10-12-4-2-3-5-14(12)19-16;2-1(3,4)5/h6-10,15H,2-5H2,1H3;(H,2,3,4,5)/q+1;/p-1. The molecular formula is C14H17ClN2O6S2. The Morgan fingerprint density at radius 2 is 1.64 bits per heavy atom. The number of hydrogen-bond acceptors (Lipinski definition) is 7. The summed E-state index contributed by atoms with van der Waals surface area (Å²) < 4.78 is 60.2. The maximum atomic E-state index is 12.3. The molecule has 138 valence electrons. The van der Waals surface area contributed by atoms with Gasteiger partial charge in [-0.05, 0) is 48.8 Å². The zero-order valence-electron chi connectivity index (χ0n) is 13.3. The van der Waals surface area contributed by atoms with E-state index in [0.717, 1.165) is 18.4 Å². The first-order valence-corrected chi connectivity index (χ1v) is 10.8. The van der Waals surface area contributed by atoms with Crippen LogP contribution in [-0.2, 0) is 22.9 Å². The van der Waals surface area contributed by atoms with E-state index < -0.39 is 20.3 Å². The van der Waals surface area contributed by atoms with Crippen molar-refractivity contribution in [3.63, 3.8) is 0 Å². The van der Waals surface area contributed by atoms with Crippen LogP contribution in [-0.4, -0.2) is 8.42 Å². The number of aromatic nitrogens is 1. The summed E-state index contributed by atoms with van der Waals surface area (Å²) in [5, 5.41) is 0. The van der Waals surface area contributed by atoms with Crippen molar-refractivity contribution in [2.45, 2.75) is 37.5 Å². The molecule has 0 amide bonds. The predicted octanol–water partition coefficient (Wildman–Crippen LogP) is -2.60. The van der Waals surface area contributed by atoms with Crippen LogP contribution in [0.25, 0.3) is 0 Å². The van der Waals surface area contributed by atoms with Gasteiger partial charge in [-0.15, -0.1) is 10.2 Å². The van der Waals surface area contributed by atoms with Crippen molar-refractivity contribution in [1.82, 2.24) is 0 Å². The molecule has 0 aliphatic heterocycles. The van der Waals surface area contributed by atoms with Gasteiger partial charge in [0.2, 0.25) is 6.20 Å². The second-order valence-electron chi connectivity index (χ2n) is 5.49. The van der Waals surface area contributed by atoms with Gasteiger partial charge in [-0.1, -0.05) is 22.5 Å². The van der Waals surface area contributed by atoms with Gasteiger partial charge >= 0.3 is 10.0 Å². The molecule has 0 saturated carbocycles. The predicted molar refractivity (Wildman–Crippen MR) is 78.9 cm³/mol. The molecule has 0 saturated heterocycles. The Morgan fingerprint density at radius 3 is 2.20 bits per heavy atom. The fraction of sp³-hybridized carbons (Fsp3) is 0.357. The zero-order valence-corrected chi connectivity index (χ0v) is 15.7. The fourth-order valence-corrected chi connectivity index (χ4v) is 4.62. The molecule has 1 aliphatic carbocycles. The van der Waals surface area contributed by atoms with E-state index in [4.69, 9.17) is 18.6 Å². The van der Waals surface area contributed by atoms with Crippen molar-refractivity contribution in [2.75, 3.05) is 4.83 Å². The van der Waals surface area contributed by atoms with Crippen molar-refractivity contribution in [3.8, 4) is 0 Å². The number of hydrogen-bond donors (Lipinski definition) is 1. The highest BCUT2D eigenvalue weighted by molar-refractivity contribution is 7.92. The van der Waals surface area contributed by atoms with Gasteiger partial charge in [0.15, 0.2) is 11.5 Å². The van der Waals surface area contributed by atoms with Crippen molar-refractivity contribution in [3.05, 3.63) is 46.5 Å². The molecule has 0 fully saturated rings. The number of halogens is 1. The maximum absolute atomic E-state index is 12.3. The van der Waals surface area contributed by atoms with Crippen LogP contribution in [0.1, 0.15) is 28.8 Å². The summed E-state index contributed by atoms with van der Waals surface area (Å²) in [6.07, 6.45) is 6.39. The molecule has 0 atom stereocenters. The molecule has 1 heterocycles. The monoisotopic (exact) mass is 408 g/mol. The van der Waals surface area contributed by atoms with Crippen molar-refractivity contribution in [1.29, 1.82) is 0 Å². The number of rotatable bonds is 3. The molecular weight excluding hydrogens is 392 g/mol. The summed E-state index contributed by atoms with van der Waals surface area (Å²) in [5.41, 5.74) is 2.32. The van der Waals surface area contributed by atoms with Crippen LogP contribution >= 0.6 is 11.5 Å². The lowest BCUT2D eigenvalue weighted by atomic mass is 10.0. The number of sulfonamides is 1. The first-order valence-electron chi connectivity index (χ1n) is 7.29. The van der Waals surface area contributed by atoms with E-state index in [1.807, 2.05) is 13.1 Å². The molecule has 0 unspecified atom stereocenters. The molecule has 8 nitrogen and oxygen atoms in total. The lowest BCUT2D eigenvalue weighted by Crippen LogP contribution is -2.68. The second kappa shape index (κ2) is 7.96. The Hall–Kier alpha value is -1.27. The smallest absolute Gasteiger partial charge is 0.222 e. The van der Waals surface area contributed by atoms with E-state index in [9.17, 15) is 8.42 Å². The summed E-state index contributed by atoms with van der Waals surface area (Å²) >= 11 is 1.49. The van der Waals surface area contributed by atoms with E-state index in [0.29, 0.717) is 4.90 Å². The van der Waals surface area contributed by atoms with Crippen molar-refractivity contribution >= 4 is 21.6 Å². The summed E-state index contributed by atoms with van der Waals surface area (Å²) in [6, 6.07) is 6.87.